The second kappa shape index (κ2) is 5.06. The van der Waals surface area contributed by atoms with Crippen LogP contribution < -0.4 is 4.74 Å². The smallest absolute Gasteiger partial charge is 0.133 e. The molecule has 0 radical (unpaired) electrons. The van der Waals surface area contributed by atoms with E-state index in [1.165, 1.54) is 5.56 Å². The molecule has 3 aromatic rings. The van der Waals surface area contributed by atoms with Gasteiger partial charge in [-0.25, -0.2) is 9.97 Å². The number of rotatable bonds is 3. The molecule has 0 fully saturated rings. The third kappa shape index (κ3) is 2.55. The first-order valence-corrected chi connectivity index (χ1v) is 6.19. The lowest BCUT2D eigenvalue weighted by molar-refractivity contribution is 0.414. The summed E-state index contributed by atoms with van der Waals surface area (Å²) in [6.45, 7) is 0. The van der Waals surface area contributed by atoms with E-state index in [2.05, 4.69) is 9.97 Å². The average molecular weight is 250 g/mol. The Morgan fingerprint density at radius 1 is 1.00 bits per heavy atom. The second-order valence-electron chi connectivity index (χ2n) is 4.37. The van der Waals surface area contributed by atoms with Crippen molar-refractivity contribution in [3.05, 3.63) is 66.1 Å². The van der Waals surface area contributed by atoms with Crippen LogP contribution in [0.25, 0.3) is 10.9 Å². The van der Waals surface area contributed by atoms with E-state index in [4.69, 9.17) is 4.74 Å². The highest BCUT2D eigenvalue weighted by Gasteiger charge is 2.02. The number of fused-ring (bicyclic) bond motifs is 1. The fraction of sp³-hybridized carbons (Fsp3) is 0.125. The molecule has 0 aliphatic rings. The molecular weight excluding hydrogens is 236 g/mol. The molecule has 0 saturated carbocycles. The minimum atomic E-state index is 0.731. The fourth-order valence-corrected chi connectivity index (χ4v) is 2.02. The molecule has 3 heteroatoms. The van der Waals surface area contributed by atoms with Gasteiger partial charge >= 0.3 is 0 Å². The van der Waals surface area contributed by atoms with Gasteiger partial charge in [-0.2, -0.15) is 0 Å². The van der Waals surface area contributed by atoms with Crippen molar-refractivity contribution in [2.45, 2.75) is 6.42 Å². The zero-order valence-electron chi connectivity index (χ0n) is 10.7. The normalized spacial score (nSPS) is 10.6. The zero-order valence-corrected chi connectivity index (χ0v) is 10.7. The first-order valence-electron chi connectivity index (χ1n) is 6.19. The number of para-hydroxylation sites is 1. The lowest BCUT2D eigenvalue weighted by Crippen LogP contribution is -1.96. The zero-order chi connectivity index (χ0) is 13.1. The lowest BCUT2D eigenvalue weighted by atomic mass is 10.1. The van der Waals surface area contributed by atoms with Crippen LogP contribution in [0.4, 0.5) is 0 Å². The van der Waals surface area contributed by atoms with Crippen molar-refractivity contribution in [1.29, 1.82) is 0 Å². The Morgan fingerprint density at radius 2 is 1.79 bits per heavy atom. The minimum absolute atomic E-state index is 0.731. The molecule has 0 saturated heterocycles. The van der Waals surface area contributed by atoms with Crippen LogP contribution in [-0.2, 0) is 6.42 Å². The summed E-state index contributed by atoms with van der Waals surface area (Å²) in [7, 11) is 1.67. The van der Waals surface area contributed by atoms with E-state index in [0.29, 0.717) is 0 Å². The van der Waals surface area contributed by atoms with Gasteiger partial charge in [0.2, 0.25) is 0 Å². The number of ether oxygens (including phenoxy) is 1. The number of benzene rings is 2. The summed E-state index contributed by atoms with van der Waals surface area (Å²) in [6, 6.07) is 16.0. The Kier molecular flexibility index (Phi) is 3.11. The molecule has 0 amide bonds. The van der Waals surface area contributed by atoms with Crippen LogP contribution in [0.15, 0.2) is 54.7 Å². The quantitative estimate of drug-likeness (QED) is 0.715. The summed E-state index contributed by atoms with van der Waals surface area (Å²) >= 11 is 0. The van der Waals surface area contributed by atoms with Crippen LogP contribution in [0.1, 0.15) is 11.4 Å². The molecule has 0 aliphatic carbocycles. The largest absolute Gasteiger partial charge is 0.497 e. The van der Waals surface area contributed by atoms with Crippen LogP contribution in [0.3, 0.4) is 0 Å². The molecule has 19 heavy (non-hydrogen) atoms. The van der Waals surface area contributed by atoms with E-state index in [9.17, 15) is 0 Å². The Labute approximate surface area is 111 Å². The molecular formula is C16H14N2O. The van der Waals surface area contributed by atoms with E-state index in [1.807, 2.05) is 54.7 Å². The van der Waals surface area contributed by atoms with Gasteiger partial charge in [0, 0.05) is 18.0 Å². The molecule has 1 aromatic heterocycles. The molecule has 1 heterocycles. The van der Waals surface area contributed by atoms with E-state index in [-0.39, 0.29) is 0 Å². The molecule has 3 nitrogen and oxygen atoms in total. The number of nitrogens with zero attached hydrogens (tertiary/aromatic N) is 2. The Morgan fingerprint density at radius 3 is 2.58 bits per heavy atom. The van der Waals surface area contributed by atoms with Gasteiger partial charge in [0.15, 0.2) is 0 Å². The van der Waals surface area contributed by atoms with Crippen molar-refractivity contribution in [3.8, 4) is 5.75 Å². The third-order valence-electron chi connectivity index (χ3n) is 3.06. The first-order chi connectivity index (χ1) is 9.35. The van der Waals surface area contributed by atoms with Crippen molar-refractivity contribution in [1.82, 2.24) is 9.97 Å². The highest BCUT2D eigenvalue weighted by molar-refractivity contribution is 5.77. The Hall–Kier alpha value is -2.42. The molecule has 94 valence electrons. The summed E-state index contributed by atoms with van der Waals surface area (Å²) in [5.41, 5.74) is 2.16. The van der Waals surface area contributed by atoms with E-state index in [1.54, 1.807) is 7.11 Å². The highest BCUT2D eigenvalue weighted by atomic mass is 16.5. The van der Waals surface area contributed by atoms with Gasteiger partial charge in [-0.3, -0.25) is 0 Å². The maximum Gasteiger partial charge on any atom is 0.133 e. The maximum atomic E-state index is 5.15. The summed E-state index contributed by atoms with van der Waals surface area (Å²) < 4.78 is 5.15. The summed E-state index contributed by atoms with van der Waals surface area (Å²) in [6.07, 6.45) is 2.61. The van der Waals surface area contributed by atoms with Gasteiger partial charge in [0.1, 0.15) is 11.6 Å². The minimum Gasteiger partial charge on any atom is -0.497 e. The van der Waals surface area contributed by atoms with Crippen molar-refractivity contribution < 1.29 is 4.74 Å². The summed E-state index contributed by atoms with van der Waals surface area (Å²) in [5.74, 6) is 1.70. The van der Waals surface area contributed by atoms with Crippen LogP contribution in [0, 0.1) is 0 Å². The molecule has 0 bridgehead atoms. The molecule has 2 aromatic carbocycles. The van der Waals surface area contributed by atoms with Gasteiger partial charge in [-0.15, -0.1) is 0 Å². The summed E-state index contributed by atoms with van der Waals surface area (Å²) in [5, 5.41) is 1.07. The van der Waals surface area contributed by atoms with Crippen molar-refractivity contribution in [3.63, 3.8) is 0 Å². The van der Waals surface area contributed by atoms with Gasteiger partial charge in [-0.1, -0.05) is 30.3 Å². The molecule has 3 rings (SSSR count). The first kappa shape index (κ1) is 11.7. The number of hydrogen-bond donors (Lipinski definition) is 0. The third-order valence-corrected chi connectivity index (χ3v) is 3.06. The SMILES string of the molecule is COc1ccc(Cc2ncc3ccccc3n2)cc1. The number of methoxy groups -OCH3 is 1. The molecule has 0 atom stereocenters. The Balaban J connectivity index is 1.87. The van der Waals surface area contributed by atoms with Crippen LogP contribution in [0.5, 0.6) is 5.75 Å². The molecule has 0 aliphatic heterocycles. The van der Waals surface area contributed by atoms with Crippen molar-refractivity contribution in [2.24, 2.45) is 0 Å². The monoisotopic (exact) mass is 250 g/mol. The van der Waals surface area contributed by atoms with Gasteiger partial charge in [0.25, 0.3) is 0 Å². The predicted molar refractivity (Wildman–Crippen MR) is 75.3 cm³/mol. The maximum absolute atomic E-state index is 5.15. The van der Waals surface area contributed by atoms with Gasteiger partial charge in [0.05, 0.1) is 12.6 Å². The Bertz CT molecular complexity index is 692. The van der Waals surface area contributed by atoms with Crippen molar-refractivity contribution >= 4 is 10.9 Å². The van der Waals surface area contributed by atoms with Gasteiger partial charge in [-0.05, 0) is 23.8 Å². The molecule has 0 spiro atoms. The van der Waals surface area contributed by atoms with E-state index < -0.39 is 0 Å². The molecule has 0 N–H and O–H groups in total. The predicted octanol–water partition coefficient (Wildman–Crippen LogP) is 3.23. The number of hydrogen-bond acceptors (Lipinski definition) is 3. The van der Waals surface area contributed by atoms with Crippen molar-refractivity contribution in [2.75, 3.05) is 7.11 Å². The van der Waals surface area contributed by atoms with E-state index >= 15 is 0 Å². The van der Waals surface area contributed by atoms with E-state index in [0.717, 1.165) is 28.9 Å². The number of aromatic nitrogens is 2. The molecule has 0 unspecified atom stereocenters. The summed E-state index contributed by atoms with van der Waals surface area (Å²) in [4.78, 5) is 8.97. The standard InChI is InChI=1S/C16H14N2O/c1-19-14-8-6-12(7-9-14)10-16-17-11-13-4-2-3-5-15(13)18-16/h2-9,11H,10H2,1H3. The highest BCUT2D eigenvalue weighted by Crippen LogP contribution is 2.15. The van der Waals surface area contributed by atoms with Crippen LogP contribution in [-0.4, -0.2) is 17.1 Å². The van der Waals surface area contributed by atoms with Crippen LogP contribution >= 0.6 is 0 Å². The van der Waals surface area contributed by atoms with Gasteiger partial charge < -0.3 is 4.74 Å². The topological polar surface area (TPSA) is 35.0 Å². The van der Waals surface area contributed by atoms with Crippen LogP contribution in [0.2, 0.25) is 0 Å². The lowest BCUT2D eigenvalue weighted by Gasteiger charge is -2.04. The fourth-order valence-electron chi connectivity index (χ4n) is 2.02. The second-order valence-corrected chi connectivity index (χ2v) is 4.37. The average Bonchev–Trinajstić information content (AvgIpc) is 2.48.